The fourth-order valence-corrected chi connectivity index (χ4v) is 3.27. The van der Waals surface area contributed by atoms with Gasteiger partial charge in [0.15, 0.2) is 9.84 Å². The Bertz CT molecular complexity index is 499. The van der Waals surface area contributed by atoms with Gasteiger partial charge in [-0.3, -0.25) is 0 Å². The summed E-state index contributed by atoms with van der Waals surface area (Å²) in [4.78, 5) is 15.1. The van der Waals surface area contributed by atoms with Crippen molar-refractivity contribution in [3.8, 4) is 0 Å². The molecule has 0 fully saturated rings. The van der Waals surface area contributed by atoms with Crippen molar-refractivity contribution in [1.29, 1.82) is 0 Å². The maximum atomic E-state index is 11.2. The van der Waals surface area contributed by atoms with Crippen molar-refractivity contribution in [3.05, 3.63) is 24.0 Å². The number of rotatable bonds is 6. The molecule has 1 aromatic heterocycles. The summed E-state index contributed by atoms with van der Waals surface area (Å²) >= 11 is 1.31. The molecule has 0 radical (unpaired) electrons. The zero-order chi connectivity index (χ0) is 12.9. The fourth-order valence-electron chi connectivity index (χ4n) is 1.05. The zero-order valence-electron chi connectivity index (χ0n) is 9.29. The molecular formula is C10H13NO4S2. The molecule has 5 nitrogen and oxygen atoms in total. The quantitative estimate of drug-likeness (QED) is 0.788. The number of aromatic nitrogens is 1. The smallest absolute Gasteiger partial charge is 0.354 e. The van der Waals surface area contributed by atoms with E-state index in [1.54, 1.807) is 13.0 Å². The summed E-state index contributed by atoms with van der Waals surface area (Å²) in [6.45, 7) is 1.61. The number of nitrogens with zero attached hydrogens (tertiary/aromatic N) is 1. The summed E-state index contributed by atoms with van der Waals surface area (Å²) in [6.07, 6.45) is 1.40. The van der Waals surface area contributed by atoms with Gasteiger partial charge in [0.05, 0.1) is 5.75 Å². The van der Waals surface area contributed by atoms with Gasteiger partial charge in [0.2, 0.25) is 0 Å². The van der Waals surface area contributed by atoms with Crippen LogP contribution in [0.15, 0.2) is 23.2 Å². The number of hydrogen-bond acceptors (Lipinski definition) is 5. The molecule has 0 spiro atoms. The van der Waals surface area contributed by atoms with E-state index in [2.05, 4.69) is 4.98 Å². The van der Waals surface area contributed by atoms with Crippen LogP contribution in [0.3, 0.4) is 0 Å². The number of hydrogen-bond donors (Lipinski definition) is 1. The number of aromatic carboxylic acids is 1. The topological polar surface area (TPSA) is 84.3 Å². The van der Waals surface area contributed by atoms with Crippen LogP contribution in [0.1, 0.15) is 17.4 Å². The highest BCUT2D eigenvalue weighted by molar-refractivity contribution is 8.00. The van der Waals surface area contributed by atoms with E-state index < -0.39 is 15.8 Å². The second kappa shape index (κ2) is 6.02. The van der Waals surface area contributed by atoms with Gasteiger partial charge in [-0.05, 0) is 12.1 Å². The van der Waals surface area contributed by atoms with Gasteiger partial charge in [-0.15, -0.1) is 11.8 Å². The minimum absolute atomic E-state index is 0.0339. The van der Waals surface area contributed by atoms with E-state index >= 15 is 0 Å². The summed E-state index contributed by atoms with van der Waals surface area (Å²) in [6, 6.07) is 3.10. The standard InChI is InChI=1S/C10H13NO4S2/c1-2-17(14,15)6-5-16-8-3-4-11-9(7-8)10(12)13/h3-4,7H,2,5-6H2,1H3,(H,12,13). The molecule has 0 aliphatic rings. The molecule has 0 saturated carbocycles. The highest BCUT2D eigenvalue weighted by Crippen LogP contribution is 2.18. The summed E-state index contributed by atoms with van der Waals surface area (Å²) in [5, 5.41) is 8.73. The molecular weight excluding hydrogens is 262 g/mol. The Labute approximate surface area is 104 Å². The molecule has 0 aliphatic carbocycles. The van der Waals surface area contributed by atoms with Crippen molar-refractivity contribution in [2.75, 3.05) is 17.3 Å². The van der Waals surface area contributed by atoms with Gasteiger partial charge in [-0.1, -0.05) is 6.92 Å². The minimum Gasteiger partial charge on any atom is -0.477 e. The first kappa shape index (κ1) is 14.0. The zero-order valence-corrected chi connectivity index (χ0v) is 10.9. The maximum Gasteiger partial charge on any atom is 0.354 e. The average molecular weight is 275 g/mol. The summed E-state index contributed by atoms with van der Waals surface area (Å²) < 4.78 is 22.5. The number of carbonyl (C=O) groups is 1. The molecule has 0 saturated heterocycles. The van der Waals surface area contributed by atoms with E-state index in [1.807, 2.05) is 0 Å². The predicted molar refractivity (Wildman–Crippen MR) is 66.2 cm³/mol. The van der Waals surface area contributed by atoms with Crippen molar-refractivity contribution in [2.45, 2.75) is 11.8 Å². The molecule has 0 amide bonds. The van der Waals surface area contributed by atoms with Crippen molar-refractivity contribution < 1.29 is 18.3 Å². The molecule has 0 bridgehead atoms. The van der Waals surface area contributed by atoms with Gasteiger partial charge < -0.3 is 5.11 Å². The minimum atomic E-state index is -2.97. The number of thioether (sulfide) groups is 1. The first-order valence-corrected chi connectivity index (χ1v) is 7.78. The molecule has 0 unspecified atom stereocenters. The fraction of sp³-hybridized carbons (Fsp3) is 0.400. The van der Waals surface area contributed by atoms with Gasteiger partial charge in [0, 0.05) is 22.6 Å². The lowest BCUT2D eigenvalue weighted by Gasteiger charge is -2.02. The molecule has 1 heterocycles. The third-order valence-electron chi connectivity index (χ3n) is 2.05. The number of pyridine rings is 1. The van der Waals surface area contributed by atoms with Crippen LogP contribution in [0.5, 0.6) is 0 Å². The van der Waals surface area contributed by atoms with E-state index in [0.717, 1.165) is 0 Å². The van der Waals surface area contributed by atoms with E-state index in [0.29, 0.717) is 10.6 Å². The second-order valence-electron chi connectivity index (χ2n) is 3.27. The van der Waals surface area contributed by atoms with Crippen molar-refractivity contribution in [1.82, 2.24) is 4.98 Å². The summed E-state index contributed by atoms with van der Waals surface area (Å²) in [7, 11) is -2.97. The Hall–Kier alpha value is -1.08. The van der Waals surface area contributed by atoms with Crippen LogP contribution in [0.25, 0.3) is 0 Å². The van der Waals surface area contributed by atoms with Crippen molar-refractivity contribution >= 4 is 27.6 Å². The number of sulfone groups is 1. The van der Waals surface area contributed by atoms with Gasteiger partial charge in [-0.2, -0.15) is 0 Å². The monoisotopic (exact) mass is 275 g/mol. The van der Waals surface area contributed by atoms with Crippen LogP contribution >= 0.6 is 11.8 Å². The Kier molecular flexibility index (Phi) is 4.95. The van der Waals surface area contributed by atoms with Crippen LogP contribution in [-0.4, -0.2) is 41.7 Å². The molecule has 7 heteroatoms. The Morgan fingerprint density at radius 3 is 2.82 bits per heavy atom. The van der Waals surface area contributed by atoms with E-state index in [9.17, 15) is 13.2 Å². The van der Waals surface area contributed by atoms with Gasteiger partial charge in [0.25, 0.3) is 0 Å². The highest BCUT2D eigenvalue weighted by Gasteiger charge is 2.09. The number of carboxylic acids is 1. The van der Waals surface area contributed by atoms with Gasteiger partial charge >= 0.3 is 5.97 Å². The molecule has 1 aromatic rings. The number of carboxylic acid groups (broad SMARTS) is 1. The van der Waals surface area contributed by atoms with E-state index in [4.69, 9.17) is 5.11 Å². The third kappa shape index (κ3) is 4.74. The average Bonchev–Trinajstić information content (AvgIpc) is 2.29. The molecule has 0 aliphatic heterocycles. The van der Waals surface area contributed by atoms with Crippen LogP contribution < -0.4 is 0 Å². The normalized spacial score (nSPS) is 11.4. The molecule has 17 heavy (non-hydrogen) atoms. The lowest BCUT2D eigenvalue weighted by Crippen LogP contribution is -2.10. The molecule has 94 valence electrons. The summed E-state index contributed by atoms with van der Waals surface area (Å²) in [5.74, 6) is -0.448. The third-order valence-corrected chi connectivity index (χ3v) is 5.01. The molecule has 1 N–H and O–H groups in total. The SMILES string of the molecule is CCS(=O)(=O)CCSc1ccnc(C(=O)O)c1. The predicted octanol–water partition coefficient (Wildman–Crippen LogP) is 1.31. The first-order valence-electron chi connectivity index (χ1n) is 4.97. The van der Waals surface area contributed by atoms with Crippen molar-refractivity contribution in [2.24, 2.45) is 0 Å². The Morgan fingerprint density at radius 2 is 2.24 bits per heavy atom. The van der Waals surface area contributed by atoms with Gasteiger partial charge in [-0.25, -0.2) is 18.2 Å². The van der Waals surface area contributed by atoms with Crippen molar-refractivity contribution in [3.63, 3.8) is 0 Å². The van der Waals surface area contributed by atoms with Gasteiger partial charge in [0.1, 0.15) is 5.69 Å². The molecule has 0 atom stereocenters. The first-order chi connectivity index (χ1) is 7.94. The second-order valence-corrected chi connectivity index (χ2v) is 6.91. The van der Waals surface area contributed by atoms with Crippen LogP contribution in [0, 0.1) is 0 Å². The molecule has 0 aromatic carbocycles. The Morgan fingerprint density at radius 1 is 1.53 bits per heavy atom. The maximum absolute atomic E-state index is 11.2. The van der Waals surface area contributed by atoms with Crippen LogP contribution in [0.4, 0.5) is 0 Å². The van der Waals surface area contributed by atoms with E-state index in [-0.39, 0.29) is 17.2 Å². The van der Waals surface area contributed by atoms with Crippen LogP contribution in [-0.2, 0) is 9.84 Å². The van der Waals surface area contributed by atoms with E-state index in [1.165, 1.54) is 24.0 Å². The summed E-state index contributed by atoms with van der Waals surface area (Å²) in [5.41, 5.74) is -0.0339. The largest absolute Gasteiger partial charge is 0.477 e. The Balaban J connectivity index is 2.58. The van der Waals surface area contributed by atoms with Crippen LogP contribution in [0.2, 0.25) is 0 Å². The lowest BCUT2D eigenvalue weighted by molar-refractivity contribution is 0.0690. The lowest BCUT2D eigenvalue weighted by atomic mass is 10.4. The highest BCUT2D eigenvalue weighted by atomic mass is 32.2. The molecule has 1 rings (SSSR count).